The monoisotopic (exact) mass is 768 g/mol. The molecule has 4 aromatic carbocycles. The fourth-order valence-corrected chi connectivity index (χ4v) is 6.20. The summed E-state index contributed by atoms with van der Waals surface area (Å²) in [6, 6.07) is 23.8. The summed E-state index contributed by atoms with van der Waals surface area (Å²) in [5.74, 6) is -7.00. The molecule has 4 atom stereocenters. The van der Waals surface area contributed by atoms with Crippen molar-refractivity contribution in [3.63, 3.8) is 0 Å². The number of phenols is 4. The molecule has 14 heteroatoms. The van der Waals surface area contributed by atoms with Gasteiger partial charge in [-0.25, -0.2) is 4.79 Å². The summed E-state index contributed by atoms with van der Waals surface area (Å²) in [6.45, 7) is -1.64. The van der Waals surface area contributed by atoms with E-state index in [2.05, 4.69) is 0 Å². The van der Waals surface area contributed by atoms with Crippen molar-refractivity contribution in [2.45, 2.75) is 30.5 Å². The zero-order valence-corrected chi connectivity index (χ0v) is 29.8. The number of esters is 4. The first-order valence-electron chi connectivity index (χ1n) is 17.4. The Morgan fingerprint density at radius 2 is 0.929 bits per heavy atom. The van der Waals surface area contributed by atoms with Gasteiger partial charge in [-0.2, -0.15) is 0 Å². The molecule has 1 aliphatic carbocycles. The van der Waals surface area contributed by atoms with Gasteiger partial charge >= 0.3 is 23.9 Å². The van der Waals surface area contributed by atoms with E-state index in [-0.39, 0.29) is 23.0 Å². The maximum atomic E-state index is 13.8. The topological polar surface area (TPSA) is 227 Å². The summed E-state index contributed by atoms with van der Waals surface area (Å²) in [6.07, 6.45) is 1.83. The lowest BCUT2D eigenvalue weighted by Crippen LogP contribution is -2.52. The Morgan fingerprint density at radius 1 is 0.536 bits per heavy atom. The van der Waals surface area contributed by atoms with E-state index in [1.165, 1.54) is 84.9 Å². The highest BCUT2D eigenvalue weighted by atomic mass is 16.6. The van der Waals surface area contributed by atoms with Crippen LogP contribution >= 0.6 is 0 Å². The Balaban J connectivity index is 1.23. The molecular weight excluding hydrogens is 728 g/mol. The van der Waals surface area contributed by atoms with Gasteiger partial charge in [0.1, 0.15) is 48.9 Å². The first-order valence-corrected chi connectivity index (χ1v) is 17.4. The van der Waals surface area contributed by atoms with E-state index in [9.17, 15) is 49.8 Å². The van der Waals surface area contributed by atoms with Crippen LogP contribution in [0, 0.1) is 11.8 Å². The Morgan fingerprint density at radius 3 is 1.39 bits per heavy atom. The maximum Gasteiger partial charge on any atom is 0.330 e. The lowest BCUT2D eigenvalue weighted by molar-refractivity contribution is -0.171. The molecule has 0 aliphatic heterocycles. The minimum Gasteiger partial charge on any atom is -0.508 e. The number of ether oxygens (including phenoxy) is 4. The second-order valence-electron chi connectivity index (χ2n) is 13.0. The minimum atomic E-state index is -1.44. The number of hydrogen-bond donors (Lipinski definition) is 6. The van der Waals surface area contributed by atoms with E-state index in [1.807, 2.05) is 0 Å². The maximum absolute atomic E-state index is 13.8. The number of aliphatic hydroxyl groups excluding tert-OH is 2. The normalized spacial score (nSPS) is 18.8. The number of hydrogen-bond acceptors (Lipinski definition) is 14. The Labute approximate surface area is 321 Å². The Kier molecular flexibility index (Phi) is 13.8. The molecule has 4 aromatic rings. The standard InChI is InChI=1S/C42H40O14/c43-29-10-1-25(2-11-29)5-18-35(49)54-23-34(48)24-56-42(52)40-37(27-6-14-31(45)15-7-27)39(38(40)28-8-16-32(46)17-9-28)41(51)55-22-33(47)21-36(50)53-20-19-26-3-12-30(44)13-4-26/h1-20,33-34,37-40,43-48H,21-24H2. The third-order valence-electron chi connectivity index (χ3n) is 8.96. The van der Waals surface area contributed by atoms with Crippen LogP contribution in [0.5, 0.6) is 23.0 Å². The van der Waals surface area contributed by atoms with E-state index < -0.39 is 86.0 Å². The van der Waals surface area contributed by atoms with Gasteiger partial charge in [-0.05, 0) is 82.9 Å². The van der Waals surface area contributed by atoms with Gasteiger partial charge < -0.3 is 49.6 Å². The molecular formula is C42H40O14. The van der Waals surface area contributed by atoms with E-state index in [0.29, 0.717) is 22.3 Å². The molecule has 0 aromatic heterocycles. The van der Waals surface area contributed by atoms with Crippen molar-refractivity contribution in [1.82, 2.24) is 0 Å². The zero-order valence-electron chi connectivity index (χ0n) is 29.8. The molecule has 56 heavy (non-hydrogen) atoms. The second-order valence-corrected chi connectivity index (χ2v) is 13.0. The van der Waals surface area contributed by atoms with Gasteiger partial charge in [-0.15, -0.1) is 0 Å². The van der Waals surface area contributed by atoms with Crippen molar-refractivity contribution in [3.05, 3.63) is 132 Å². The van der Waals surface area contributed by atoms with Crippen molar-refractivity contribution in [2.75, 3.05) is 19.8 Å². The van der Waals surface area contributed by atoms with Crippen LogP contribution in [0.2, 0.25) is 0 Å². The van der Waals surface area contributed by atoms with Crippen LogP contribution in [-0.2, 0) is 38.1 Å². The number of phenolic OH excluding ortho intramolecular Hbond substituents is 4. The van der Waals surface area contributed by atoms with Crippen molar-refractivity contribution in [1.29, 1.82) is 0 Å². The average Bonchev–Trinajstić information content (AvgIpc) is 3.17. The molecule has 0 heterocycles. The van der Waals surface area contributed by atoms with Gasteiger partial charge in [0.2, 0.25) is 0 Å². The van der Waals surface area contributed by atoms with Crippen molar-refractivity contribution in [3.8, 4) is 23.0 Å². The van der Waals surface area contributed by atoms with Gasteiger partial charge in [0.05, 0.1) is 30.6 Å². The molecule has 1 fully saturated rings. The van der Waals surface area contributed by atoms with E-state index >= 15 is 0 Å². The summed E-state index contributed by atoms with van der Waals surface area (Å²) >= 11 is 0. The van der Waals surface area contributed by atoms with Crippen LogP contribution in [-0.4, -0.2) is 86.5 Å². The lowest BCUT2D eigenvalue weighted by Gasteiger charge is -2.49. The van der Waals surface area contributed by atoms with E-state index in [0.717, 1.165) is 12.3 Å². The van der Waals surface area contributed by atoms with Crippen molar-refractivity contribution >= 4 is 36.0 Å². The van der Waals surface area contributed by atoms with Crippen LogP contribution in [0.4, 0.5) is 0 Å². The van der Waals surface area contributed by atoms with E-state index in [4.69, 9.17) is 18.9 Å². The molecule has 4 unspecified atom stereocenters. The number of aliphatic hydroxyl groups is 2. The summed E-state index contributed by atoms with van der Waals surface area (Å²) < 4.78 is 21.0. The minimum absolute atomic E-state index is 0.0631. The molecule has 0 radical (unpaired) electrons. The molecule has 0 amide bonds. The van der Waals surface area contributed by atoms with E-state index in [1.54, 1.807) is 24.3 Å². The van der Waals surface area contributed by atoms with Gasteiger partial charge in [0, 0.05) is 17.9 Å². The number of carbonyl (C=O) groups excluding carboxylic acids is 4. The van der Waals surface area contributed by atoms with Crippen LogP contribution in [0.1, 0.15) is 40.5 Å². The fourth-order valence-electron chi connectivity index (χ4n) is 6.20. The van der Waals surface area contributed by atoms with Gasteiger partial charge in [-0.1, -0.05) is 48.5 Å². The molecule has 6 N–H and O–H groups in total. The number of benzene rings is 4. The molecule has 5 rings (SSSR count). The third-order valence-corrected chi connectivity index (χ3v) is 8.96. The van der Waals surface area contributed by atoms with Crippen LogP contribution < -0.4 is 0 Å². The predicted molar refractivity (Wildman–Crippen MR) is 199 cm³/mol. The average molecular weight is 769 g/mol. The number of carbonyl (C=O) groups is 4. The molecule has 0 saturated heterocycles. The second kappa shape index (κ2) is 19.1. The predicted octanol–water partition coefficient (Wildman–Crippen LogP) is 4.29. The van der Waals surface area contributed by atoms with Gasteiger partial charge in [0.15, 0.2) is 0 Å². The largest absolute Gasteiger partial charge is 0.508 e. The third kappa shape index (κ3) is 11.2. The first-order chi connectivity index (χ1) is 26.9. The molecule has 0 bridgehead atoms. The molecule has 1 saturated carbocycles. The van der Waals surface area contributed by atoms with Crippen molar-refractivity contribution < 1.29 is 68.8 Å². The van der Waals surface area contributed by atoms with Crippen LogP contribution in [0.3, 0.4) is 0 Å². The Hall–Kier alpha value is -6.64. The number of rotatable bonds is 16. The summed E-state index contributed by atoms with van der Waals surface area (Å²) in [5, 5.41) is 59.7. The van der Waals surface area contributed by atoms with Gasteiger partial charge in [-0.3, -0.25) is 14.4 Å². The molecule has 14 nitrogen and oxygen atoms in total. The SMILES string of the molecule is O=C(C=Cc1ccc(O)cc1)OCC(O)COC(=O)C1C(c2ccc(O)cc2)C(C(=O)OCC(O)CC(=O)OC=Cc2ccc(O)cc2)C1c1ccc(O)cc1. The zero-order chi connectivity index (χ0) is 40.2. The summed E-state index contributed by atoms with van der Waals surface area (Å²) in [5.41, 5.74) is 2.21. The highest BCUT2D eigenvalue weighted by molar-refractivity contribution is 5.87. The highest BCUT2D eigenvalue weighted by Gasteiger charge is 2.59. The van der Waals surface area contributed by atoms with Crippen molar-refractivity contribution in [2.24, 2.45) is 11.8 Å². The first kappa shape index (κ1) is 40.5. The molecule has 1 aliphatic rings. The molecule has 0 spiro atoms. The quantitative estimate of drug-likeness (QED) is 0.0405. The highest BCUT2D eigenvalue weighted by Crippen LogP contribution is 2.58. The van der Waals surface area contributed by atoms with Crippen LogP contribution in [0.25, 0.3) is 12.2 Å². The fraction of sp³-hybridized carbons (Fsp3) is 0.238. The van der Waals surface area contributed by atoms with Gasteiger partial charge in [0.25, 0.3) is 0 Å². The Bertz CT molecular complexity index is 1950. The summed E-state index contributed by atoms with van der Waals surface area (Å²) in [7, 11) is 0. The summed E-state index contributed by atoms with van der Waals surface area (Å²) in [4.78, 5) is 52.0. The lowest BCUT2D eigenvalue weighted by atomic mass is 9.52. The number of aromatic hydroxyl groups is 4. The van der Waals surface area contributed by atoms with Crippen LogP contribution in [0.15, 0.2) is 109 Å². The molecule has 292 valence electrons. The smallest absolute Gasteiger partial charge is 0.330 e.